The van der Waals surface area contributed by atoms with E-state index in [0.29, 0.717) is 22.1 Å². The highest BCUT2D eigenvalue weighted by Crippen LogP contribution is 2.32. The Kier molecular flexibility index (Phi) is 4.10. The van der Waals surface area contributed by atoms with Gasteiger partial charge in [-0.15, -0.1) is 11.3 Å². The molecule has 0 N–H and O–H groups in total. The minimum Gasteiger partial charge on any atom is -0.329 e. The molecule has 1 aliphatic rings. The molecule has 0 spiro atoms. The molecule has 4 nitrogen and oxygen atoms in total. The zero-order valence-corrected chi connectivity index (χ0v) is 15.2. The third-order valence-corrected chi connectivity index (χ3v) is 5.63. The van der Waals surface area contributed by atoms with E-state index in [2.05, 4.69) is 0 Å². The quantitative estimate of drug-likeness (QED) is 0.683. The van der Waals surface area contributed by atoms with Gasteiger partial charge in [-0.1, -0.05) is 12.1 Å². The van der Waals surface area contributed by atoms with Crippen LogP contribution in [0.4, 0.5) is 13.2 Å². The Morgan fingerprint density at radius 1 is 1.26 bits per heavy atom. The summed E-state index contributed by atoms with van der Waals surface area (Å²) >= 11 is 1.35. The van der Waals surface area contributed by atoms with Gasteiger partial charge >= 0.3 is 0 Å². The number of hydrogen-bond acceptors (Lipinski definition) is 3. The number of likely N-dealkylation sites (tertiary alicyclic amines) is 1. The van der Waals surface area contributed by atoms with Gasteiger partial charge in [0.2, 0.25) is 5.91 Å². The topological polar surface area (TPSA) is 42.3 Å². The van der Waals surface area contributed by atoms with Crippen LogP contribution in [0.5, 0.6) is 0 Å². The van der Waals surface area contributed by atoms with Crippen LogP contribution in [0.3, 0.4) is 0 Å². The first-order chi connectivity index (χ1) is 12.7. The second-order valence-corrected chi connectivity index (χ2v) is 7.62. The van der Waals surface area contributed by atoms with E-state index >= 15 is 0 Å². The summed E-state index contributed by atoms with van der Waals surface area (Å²) in [4.78, 5) is 26.0. The molecule has 27 heavy (non-hydrogen) atoms. The number of rotatable bonds is 3. The average molecular weight is 392 g/mol. The molecule has 140 valence electrons. The van der Waals surface area contributed by atoms with Crippen molar-refractivity contribution in [3.8, 4) is 11.1 Å². The van der Waals surface area contributed by atoms with Gasteiger partial charge in [0.25, 0.3) is 11.5 Å². The van der Waals surface area contributed by atoms with Crippen LogP contribution >= 0.6 is 11.3 Å². The maximum absolute atomic E-state index is 13.9. The largest absolute Gasteiger partial charge is 0.329 e. The molecule has 0 radical (unpaired) electrons. The highest BCUT2D eigenvalue weighted by molar-refractivity contribution is 7.17. The van der Waals surface area contributed by atoms with E-state index in [4.69, 9.17) is 0 Å². The number of aryl methyl sites for hydroxylation is 1. The van der Waals surface area contributed by atoms with E-state index in [1.165, 1.54) is 28.2 Å². The van der Waals surface area contributed by atoms with Gasteiger partial charge in [0.1, 0.15) is 12.4 Å². The fraction of sp³-hybridized carbons (Fsp3) is 0.263. The minimum absolute atomic E-state index is 0.303. The van der Waals surface area contributed by atoms with Crippen molar-refractivity contribution in [3.05, 3.63) is 57.6 Å². The van der Waals surface area contributed by atoms with Gasteiger partial charge in [0.05, 0.1) is 18.5 Å². The lowest BCUT2D eigenvalue weighted by atomic mass is 10.0. The molecule has 0 aliphatic carbocycles. The monoisotopic (exact) mass is 392 g/mol. The van der Waals surface area contributed by atoms with Crippen LogP contribution in [0, 0.1) is 12.7 Å². The van der Waals surface area contributed by atoms with Crippen LogP contribution in [0.2, 0.25) is 0 Å². The molecule has 0 saturated carbocycles. The average Bonchev–Trinajstić information content (AvgIpc) is 3.02. The Labute approximate surface area is 156 Å². The second kappa shape index (κ2) is 6.23. The minimum atomic E-state index is -2.85. The molecule has 1 amide bonds. The normalized spacial score (nSPS) is 15.8. The van der Waals surface area contributed by atoms with Gasteiger partial charge in [-0.25, -0.2) is 13.2 Å². The standard InChI is InChI=1S/C19H15F3N2O2S/c1-11-2-3-12(6-14(11)20)13-8-27-15-4-5-23(18(26)17(13)15)7-16(25)24-9-19(21,22)10-24/h2-6,8H,7,9-10H2,1H3. The number of pyridine rings is 1. The Balaban J connectivity index is 1.70. The Morgan fingerprint density at radius 2 is 2.00 bits per heavy atom. The third kappa shape index (κ3) is 3.14. The molecule has 1 aliphatic heterocycles. The number of halogens is 3. The van der Waals surface area contributed by atoms with Crippen LogP contribution in [0.25, 0.3) is 21.2 Å². The number of benzene rings is 1. The van der Waals surface area contributed by atoms with E-state index in [9.17, 15) is 22.8 Å². The molecule has 0 unspecified atom stereocenters. The number of carbonyl (C=O) groups is 1. The highest BCUT2D eigenvalue weighted by Gasteiger charge is 2.46. The zero-order chi connectivity index (χ0) is 19.3. The van der Waals surface area contributed by atoms with Crippen molar-refractivity contribution in [2.75, 3.05) is 13.1 Å². The molecule has 3 aromatic rings. The molecule has 3 heterocycles. The van der Waals surface area contributed by atoms with Gasteiger partial charge in [0.15, 0.2) is 0 Å². The van der Waals surface area contributed by atoms with Crippen molar-refractivity contribution >= 4 is 27.3 Å². The van der Waals surface area contributed by atoms with Crippen molar-refractivity contribution in [3.63, 3.8) is 0 Å². The Bertz CT molecular complexity index is 1110. The van der Waals surface area contributed by atoms with Gasteiger partial charge in [-0.3, -0.25) is 9.59 Å². The molecule has 0 atom stereocenters. The summed E-state index contributed by atoms with van der Waals surface area (Å²) in [5.74, 6) is -3.74. The molecule has 1 fully saturated rings. The van der Waals surface area contributed by atoms with Crippen molar-refractivity contribution in [1.29, 1.82) is 0 Å². The number of amides is 1. The van der Waals surface area contributed by atoms with Gasteiger partial charge in [-0.2, -0.15) is 0 Å². The number of nitrogens with zero attached hydrogens (tertiary/aromatic N) is 2. The summed E-state index contributed by atoms with van der Waals surface area (Å²) in [6.07, 6.45) is 1.48. The lowest BCUT2D eigenvalue weighted by Gasteiger charge is -2.38. The number of fused-ring (bicyclic) bond motifs is 1. The van der Waals surface area contributed by atoms with Crippen LogP contribution < -0.4 is 5.56 Å². The molecule has 1 saturated heterocycles. The van der Waals surface area contributed by atoms with E-state index in [-0.39, 0.29) is 12.4 Å². The first-order valence-corrected chi connectivity index (χ1v) is 9.16. The van der Waals surface area contributed by atoms with E-state index in [0.717, 1.165) is 9.60 Å². The zero-order valence-electron chi connectivity index (χ0n) is 14.3. The predicted octanol–water partition coefficient (Wildman–Crippen LogP) is 3.66. The van der Waals surface area contributed by atoms with E-state index < -0.39 is 30.5 Å². The Morgan fingerprint density at radius 3 is 2.67 bits per heavy atom. The number of alkyl halides is 2. The smallest absolute Gasteiger partial charge is 0.282 e. The second-order valence-electron chi connectivity index (χ2n) is 6.71. The summed E-state index contributed by atoms with van der Waals surface area (Å²) in [6, 6.07) is 6.46. The van der Waals surface area contributed by atoms with Crippen LogP contribution in [0.1, 0.15) is 5.56 Å². The summed E-state index contributed by atoms with van der Waals surface area (Å²) in [5.41, 5.74) is 1.28. The van der Waals surface area contributed by atoms with Crippen molar-refractivity contribution in [1.82, 2.24) is 9.47 Å². The first-order valence-electron chi connectivity index (χ1n) is 8.28. The summed E-state index contributed by atoms with van der Waals surface area (Å²) in [5, 5.41) is 2.17. The number of aromatic nitrogens is 1. The third-order valence-electron chi connectivity index (χ3n) is 4.69. The van der Waals surface area contributed by atoms with E-state index in [1.807, 2.05) is 0 Å². The molecule has 2 aromatic heterocycles. The maximum Gasteiger partial charge on any atom is 0.282 e. The van der Waals surface area contributed by atoms with Gasteiger partial charge in [0, 0.05) is 21.8 Å². The SMILES string of the molecule is Cc1ccc(-c2csc3ccn(CC(=O)N4CC(F)(F)C4)c(=O)c23)cc1F. The van der Waals surface area contributed by atoms with Crippen molar-refractivity contribution in [2.45, 2.75) is 19.4 Å². The maximum atomic E-state index is 13.9. The molecule has 4 rings (SSSR count). The molecule has 0 bridgehead atoms. The van der Waals surface area contributed by atoms with Crippen molar-refractivity contribution < 1.29 is 18.0 Å². The molecule has 8 heteroatoms. The molecular weight excluding hydrogens is 377 g/mol. The first kappa shape index (κ1) is 17.8. The molecular formula is C19H15F3N2O2S. The van der Waals surface area contributed by atoms with Crippen LogP contribution in [-0.4, -0.2) is 34.4 Å². The fourth-order valence-electron chi connectivity index (χ4n) is 3.12. The Hall–Kier alpha value is -2.61. The fourth-order valence-corrected chi connectivity index (χ4v) is 4.07. The van der Waals surface area contributed by atoms with Crippen molar-refractivity contribution in [2.24, 2.45) is 0 Å². The number of carbonyl (C=O) groups excluding carboxylic acids is 1. The lowest BCUT2D eigenvalue weighted by Crippen LogP contribution is -2.59. The summed E-state index contributed by atoms with van der Waals surface area (Å²) in [7, 11) is 0. The van der Waals surface area contributed by atoms with Gasteiger partial charge in [-0.05, 0) is 30.2 Å². The predicted molar refractivity (Wildman–Crippen MR) is 97.7 cm³/mol. The summed E-state index contributed by atoms with van der Waals surface area (Å²) in [6.45, 7) is 0.121. The highest BCUT2D eigenvalue weighted by atomic mass is 32.1. The molecule has 1 aromatic carbocycles. The lowest BCUT2D eigenvalue weighted by molar-refractivity contribution is -0.166. The van der Waals surface area contributed by atoms with Gasteiger partial charge < -0.3 is 9.47 Å². The number of thiophene rings is 1. The van der Waals surface area contributed by atoms with Crippen LogP contribution in [-0.2, 0) is 11.3 Å². The number of hydrogen-bond donors (Lipinski definition) is 0. The van der Waals surface area contributed by atoms with E-state index in [1.54, 1.807) is 30.5 Å². The summed E-state index contributed by atoms with van der Waals surface area (Å²) < 4.78 is 41.7. The van der Waals surface area contributed by atoms with Crippen LogP contribution in [0.15, 0.2) is 40.6 Å².